The lowest BCUT2D eigenvalue weighted by Gasteiger charge is -2.43. The van der Waals surface area contributed by atoms with Gasteiger partial charge in [0, 0.05) is 5.56 Å². The second kappa shape index (κ2) is 12.6. The Morgan fingerprint density at radius 3 is 1.12 bits per heavy atom. The molecule has 1 aromatic rings. The topological polar surface area (TPSA) is 0 Å². The molecule has 0 bridgehead atoms. The summed E-state index contributed by atoms with van der Waals surface area (Å²) < 4.78 is 260. The van der Waals surface area contributed by atoms with Crippen LogP contribution in [0.5, 0.6) is 0 Å². The van der Waals surface area contributed by atoms with E-state index in [1.807, 2.05) is 0 Å². The summed E-state index contributed by atoms with van der Waals surface area (Å²) in [5.41, 5.74) is -2.04. The Kier molecular flexibility index (Phi) is 10.6. The number of rotatable bonds is 11. The maximum Gasteiger partial charge on any atom is 0.460 e. The lowest BCUT2D eigenvalue weighted by atomic mass is 9.68. The van der Waals surface area contributed by atoms with Gasteiger partial charge in [-0.1, -0.05) is 50.5 Å². The van der Waals surface area contributed by atoms with E-state index in [9.17, 15) is 83.4 Å². The van der Waals surface area contributed by atoms with Crippen molar-refractivity contribution >= 4 is 0 Å². The van der Waals surface area contributed by atoms with Crippen LogP contribution in [0.2, 0.25) is 0 Å². The standard InChI is InChI=1S/C29H29F19/c1-2-15-3-5-16(6-4-15)17-7-9-18(10-8-17)19-11-13-20(14-12-19)21(30,31)22(32,33)23(34,35)24(36,37)25(38,39)26(40,41)27(42,43)28(44,45)29(46,47)48/h11-18H,2-10H2,1H3. The summed E-state index contributed by atoms with van der Waals surface area (Å²) in [5, 5.41) is 0. The highest BCUT2D eigenvalue weighted by molar-refractivity contribution is 5.31. The molecule has 2 aliphatic rings. The van der Waals surface area contributed by atoms with E-state index in [1.54, 1.807) is 0 Å². The molecule has 0 nitrogen and oxygen atoms in total. The molecule has 1 aromatic carbocycles. The molecule has 0 unspecified atom stereocenters. The third-order valence-corrected chi connectivity index (χ3v) is 9.77. The minimum atomic E-state index is -8.92. The summed E-state index contributed by atoms with van der Waals surface area (Å²) in [5.74, 6) is -65.5. The Morgan fingerprint density at radius 2 is 0.771 bits per heavy atom. The number of alkyl halides is 19. The highest BCUT2D eigenvalue weighted by Gasteiger charge is 2.96. The first-order valence-corrected chi connectivity index (χ1v) is 14.7. The highest BCUT2D eigenvalue weighted by Crippen LogP contribution is 2.66. The number of hydrogen-bond acceptors (Lipinski definition) is 0. The van der Waals surface area contributed by atoms with E-state index in [1.165, 1.54) is 0 Å². The molecule has 2 saturated carbocycles. The second-order valence-electron chi connectivity index (χ2n) is 12.5. The van der Waals surface area contributed by atoms with Gasteiger partial charge in [0.15, 0.2) is 0 Å². The van der Waals surface area contributed by atoms with Gasteiger partial charge in [-0.15, -0.1) is 0 Å². The zero-order valence-electron chi connectivity index (χ0n) is 24.7. The molecule has 278 valence electrons. The van der Waals surface area contributed by atoms with Crippen LogP contribution in [0, 0.1) is 17.8 Å². The molecule has 2 aliphatic carbocycles. The van der Waals surface area contributed by atoms with Crippen molar-refractivity contribution in [1.82, 2.24) is 0 Å². The largest absolute Gasteiger partial charge is 0.460 e. The van der Waals surface area contributed by atoms with E-state index >= 15 is 0 Å². The first-order valence-electron chi connectivity index (χ1n) is 14.7. The Balaban J connectivity index is 1.85. The van der Waals surface area contributed by atoms with Crippen molar-refractivity contribution < 1.29 is 83.4 Å². The van der Waals surface area contributed by atoms with Crippen molar-refractivity contribution in [3.05, 3.63) is 35.4 Å². The molecule has 0 aliphatic heterocycles. The molecule has 0 amide bonds. The summed E-state index contributed by atoms with van der Waals surface area (Å²) in [6.45, 7) is 2.10. The molecule has 48 heavy (non-hydrogen) atoms. The highest BCUT2D eigenvalue weighted by atomic mass is 19.4. The average molecular weight is 739 g/mol. The monoisotopic (exact) mass is 738 g/mol. The molecule has 0 radical (unpaired) electrons. The fourth-order valence-electron chi connectivity index (χ4n) is 6.50. The molecule has 0 aromatic heterocycles. The summed E-state index contributed by atoms with van der Waals surface area (Å²) in [6, 6.07) is 1.49. The van der Waals surface area contributed by atoms with Gasteiger partial charge < -0.3 is 0 Å². The van der Waals surface area contributed by atoms with Gasteiger partial charge >= 0.3 is 53.6 Å². The van der Waals surface area contributed by atoms with E-state index in [4.69, 9.17) is 0 Å². The zero-order valence-corrected chi connectivity index (χ0v) is 24.7. The lowest BCUT2D eigenvalue weighted by molar-refractivity contribution is -0.469. The van der Waals surface area contributed by atoms with Crippen molar-refractivity contribution in [2.75, 3.05) is 0 Å². The zero-order chi connectivity index (χ0) is 37.2. The second-order valence-corrected chi connectivity index (χ2v) is 12.5. The summed E-state index contributed by atoms with van der Waals surface area (Å²) >= 11 is 0. The average Bonchev–Trinajstić information content (AvgIpc) is 3.00. The van der Waals surface area contributed by atoms with Crippen LogP contribution in [-0.4, -0.2) is 47.6 Å². The van der Waals surface area contributed by atoms with Gasteiger partial charge in [-0.3, -0.25) is 0 Å². The van der Waals surface area contributed by atoms with Crippen LogP contribution in [0.25, 0.3) is 0 Å². The van der Waals surface area contributed by atoms with Crippen LogP contribution in [0.3, 0.4) is 0 Å². The number of benzene rings is 1. The van der Waals surface area contributed by atoms with Gasteiger partial charge in [0.2, 0.25) is 0 Å². The Morgan fingerprint density at radius 1 is 0.438 bits per heavy atom. The molecule has 0 atom stereocenters. The van der Waals surface area contributed by atoms with Crippen molar-refractivity contribution in [3.63, 3.8) is 0 Å². The molecular formula is C29H29F19. The summed E-state index contributed by atoms with van der Waals surface area (Å²) in [4.78, 5) is 0. The quantitative estimate of drug-likeness (QED) is 0.198. The molecule has 3 rings (SSSR count). The normalized spacial score (nSPS) is 24.9. The van der Waals surface area contributed by atoms with Crippen LogP contribution in [0.1, 0.15) is 81.8 Å². The van der Waals surface area contributed by atoms with E-state index in [2.05, 4.69) is 6.92 Å². The molecule has 19 heteroatoms. The van der Waals surface area contributed by atoms with Crippen LogP contribution < -0.4 is 0 Å². The van der Waals surface area contributed by atoms with E-state index in [0.29, 0.717) is 43.4 Å². The van der Waals surface area contributed by atoms with Gasteiger partial charge in [-0.25, -0.2) is 0 Å². The predicted molar refractivity (Wildman–Crippen MR) is 131 cm³/mol. The molecule has 0 N–H and O–H groups in total. The Labute approximate surface area is 261 Å². The maximum atomic E-state index is 14.7. The van der Waals surface area contributed by atoms with Crippen LogP contribution >= 0.6 is 0 Å². The van der Waals surface area contributed by atoms with Crippen molar-refractivity contribution in [3.8, 4) is 0 Å². The van der Waals surface area contributed by atoms with E-state index in [-0.39, 0.29) is 23.6 Å². The molecule has 0 saturated heterocycles. The number of hydrogen-bond donors (Lipinski definition) is 0. The van der Waals surface area contributed by atoms with Gasteiger partial charge in [-0.05, 0) is 67.8 Å². The minimum Gasteiger partial charge on any atom is -0.194 e. The first kappa shape index (κ1) is 40.3. The van der Waals surface area contributed by atoms with Gasteiger partial charge in [-0.2, -0.15) is 83.4 Å². The van der Waals surface area contributed by atoms with Crippen LogP contribution in [-0.2, 0) is 5.92 Å². The van der Waals surface area contributed by atoms with Crippen molar-refractivity contribution in [2.24, 2.45) is 17.8 Å². The minimum absolute atomic E-state index is 0.0281. The van der Waals surface area contributed by atoms with Crippen LogP contribution in [0.15, 0.2) is 24.3 Å². The fourth-order valence-corrected chi connectivity index (χ4v) is 6.50. The Hall–Kier alpha value is -2.11. The predicted octanol–water partition coefficient (Wildman–Crippen LogP) is 12.3. The fraction of sp³-hybridized carbons (Fsp3) is 0.793. The van der Waals surface area contributed by atoms with Crippen molar-refractivity contribution in [1.29, 1.82) is 0 Å². The number of halogens is 19. The molecule has 2 fully saturated rings. The molecule has 0 spiro atoms. The molecular weight excluding hydrogens is 709 g/mol. The van der Waals surface area contributed by atoms with E-state index in [0.717, 1.165) is 44.2 Å². The maximum absolute atomic E-state index is 14.7. The van der Waals surface area contributed by atoms with E-state index < -0.39 is 59.1 Å². The smallest absolute Gasteiger partial charge is 0.194 e. The third-order valence-electron chi connectivity index (χ3n) is 9.77. The Bertz CT molecular complexity index is 1230. The molecule has 0 heterocycles. The SMILES string of the molecule is CCC1CCC(C2CCC(c3ccc(C(F)(F)C(F)(F)C(F)(F)C(F)(F)C(F)(F)C(F)(F)C(F)(F)C(F)(F)C(F)(F)F)cc3)CC2)CC1. The van der Waals surface area contributed by atoms with Gasteiger partial charge in [0.1, 0.15) is 0 Å². The lowest BCUT2D eigenvalue weighted by Crippen LogP contribution is -2.75. The van der Waals surface area contributed by atoms with Gasteiger partial charge in [0.25, 0.3) is 0 Å². The summed E-state index contributed by atoms with van der Waals surface area (Å²) in [6.07, 6.45) is -0.222. The van der Waals surface area contributed by atoms with Crippen molar-refractivity contribution in [2.45, 2.75) is 124 Å². The van der Waals surface area contributed by atoms with Gasteiger partial charge in [0.05, 0.1) is 0 Å². The summed E-state index contributed by atoms with van der Waals surface area (Å²) in [7, 11) is 0. The third kappa shape index (κ3) is 6.01. The first-order chi connectivity index (χ1) is 21.5. The van der Waals surface area contributed by atoms with Crippen LogP contribution in [0.4, 0.5) is 83.4 Å².